The first kappa shape index (κ1) is 20.9. The minimum atomic E-state index is -4.65. The molecule has 1 heterocycles. The van der Waals surface area contributed by atoms with Gasteiger partial charge in [0, 0.05) is 6.20 Å². The summed E-state index contributed by atoms with van der Waals surface area (Å²) < 4.78 is 62.1. The summed E-state index contributed by atoms with van der Waals surface area (Å²) in [5.41, 5.74) is 0.402. The van der Waals surface area contributed by atoms with Gasteiger partial charge < -0.3 is 14.8 Å². The fourth-order valence-corrected chi connectivity index (χ4v) is 2.40. The minimum Gasteiger partial charge on any atom is -0.480 e. The van der Waals surface area contributed by atoms with Crippen LogP contribution in [0.5, 0.6) is 11.6 Å². The molecule has 2 rings (SSSR count). The third-order valence-electron chi connectivity index (χ3n) is 3.59. The third-order valence-corrected chi connectivity index (χ3v) is 4.20. The van der Waals surface area contributed by atoms with E-state index in [9.17, 15) is 22.4 Å². The topological polar surface area (TPSA) is 60.5 Å². The summed E-state index contributed by atoms with van der Waals surface area (Å²) in [6.45, 7) is 2.46. The van der Waals surface area contributed by atoms with Gasteiger partial charge in [-0.1, -0.05) is 0 Å². The first-order valence-electron chi connectivity index (χ1n) is 7.58. The lowest BCUT2D eigenvalue weighted by Gasteiger charge is -2.20. The molecule has 0 saturated carbocycles. The van der Waals surface area contributed by atoms with E-state index >= 15 is 0 Å². The molecular formula is C17H15BrF4N2O3. The molecular weight excluding hydrogens is 436 g/mol. The molecule has 0 bridgehead atoms. The number of methoxy groups -OCH3 is 1. The Balaban J connectivity index is 2.42. The lowest BCUT2D eigenvalue weighted by Crippen LogP contribution is -2.32. The van der Waals surface area contributed by atoms with E-state index < -0.39 is 35.3 Å². The number of aromatic nitrogens is 1. The van der Waals surface area contributed by atoms with Crippen LogP contribution in [0.25, 0.3) is 0 Å². The molecule has 27 heavy (non-hydrogen) atoms. The number of nitrogens with zero attached hydrogens (tertiary/aromatic N) is 1. The Morgan fingerprint density at radius 3 is 2.59 bits per heavy atom. The summed E-state index contributed by atoms with van der Waals surface area (Å²) in [6, 6.07) is 3.36. The summed E-state index contributed by atoms with van der Waals surface area (Å²) in [7, 11) is 1.34. The average molecular weight is 451 g/mol. The van der Waals surface area contributed by atoms with Crippen molar-refractivity contribution in [1.29, 1.82) is 0 Å². The molecule has 5 nitrogen and oxygen atoms in total. The van der Waals surface area contributed by atoms with Crippen molar-refractivity contribution in [3.05, 3.63) is 45.8 Å². The number of anilines is 1. The lowest BCUT2D eigenvalue weighted by molar-refractivity contribution is -0.189. The van der Waals surface area contributed by atoms with Crippen LogP contribution < -0.4 is 14.8 Å². The van der Waals surface area contributed by atoms with Crippen molar-refractivity contribution in [2.75, 3.05) is 12.4 Å². The van der Waals surface area contributed by atoms with Crippen molar-refractivity contribution in [3.63, 3.8) is 0 Å². The highest BCUT2D eigenvalue weighted by Crippen LogP contribution is 2.33. The van der Waals surface area contributed by atoms with Crippen molar-refractivity contribution >= 4 is 27.5 Å². The Labute approximate surface area is 160 Å². The number of nitrogens with one attached hydrogen (secondary N) is 1. The van der Waals surface area contributed by atoms with Crippen LogP contribution >= 0.6 is 15.9 Å². The van der Waals surface area contributed by atoms with Gasteiger partial charge in [0.2, 0.25) is 5.88 Å². The second-order valence-electron chi connectivity index (χ2n) is 5.53. The van der Waals surface area contributed by atoms with Crippen LogP contribution in [-0.4, -0.2) is 30.3 Å². The number of carbonyl (C=O) groups is 1. The number of ether oxygens (including phenoxy) is 2. The Bertz CT molecular complexity index is 859. The maximum Gasteiger partial charge on any atom is 0.425 e. The summed E-state index contributed by atoms with van der Waals surface area (Å²) in [6.07, 6.45) is -5.39. The normalized spacial score (nSPS) is 12.4. The van der Waals surface area contributed by atoms with Crippen molar-refractivity contribution in [2.24, 2.45) is 0 Å². The molecule has 0 saturated heterocycles. The summed E-state index contributed by atoms with van der Waals surface area (Å²) in [5, 5.41) is 2.48. The van der Waals surface area contributed by atoms with Gasteiger partial charge in [-0.05, 0) is 53.5 Å². The van der Waals surface area contributed by atoms with Crippen LogP contribution in [0.4, 0.5) is 23.2 Å². The Morgan fingerprint density at radius 1 is 1.33 bits per heavy atom. The van der Waals surface area contributed by atoms with Gasteiger partial charge in [-0.2, -0.15) is 13.2 Å². The molecule has 0 aliphatic carbocycles. The van der Waals surface area contributed by atoms with Crippen molar-refractivity contribution < 1.29 is 31.8 Å². The molecule has 0 aliphatic rings. The van der Waals surface area contributed by atoms with E-state index in [1.54, 1.807) is 13.0 Å². The average Bonchev–Trinajstić information content (AvgIpc) is 2.58. The number of carbonyl (C=O) groups excluding carboxylic acids is 1. The smallest absolute Gasteiger partial charge is 0.425 e. The zero-order chi connectivity index (χ0) is 20.4. The highest BCUT2D eigenvalue weighted by molar-refractivity contribution is 9.10. The number of benzene rings is 1. The van der Waals surface area contributed by atoms with E-state index in [1.165, 1.54) is 13.3 Å². The third kappa shape index (κ3) is 4.88. The summed E-state index contributed by atoms with van der Waals surface area (Å²) in [4.78, 5) is 16.6. The molecule has 0 fully saturated rings. The Morgan fingerprint density at radius 2 is 2.00 bits per heavy atom. The van der Waals surface area contributed by atoms with Crippen LogP contribution in [0, 0.1) is 12.7 Å². The number of amides is 1. The fraction of sp³-hybridized carbons (Fsp3) is 0.294. The van der Waals surface area contributed by atoms with E-state index in [-0.39, 0.29) is 16.0 Å². The Hall–Kier alpha value is -2.36. The maximum atomic E-state index is 13.9. The largest absolute Gasteiger partial charge is 0.480 e. The molecule has 1 aromatic heterocycles. The number of halogens is 5. The molecule has 1 atom stereocenters. The lowest BCUT2D eigenvalue weighted by atomic mass is 10.1. The van der Waals surface area contributed by atoms with Crippen LogP contribution in [0.3, 0.4) is 0 Å². The van der Waals surface area contributed by atoms with Crippen molar-refractivity contribution in [3.8, 4) is 11.6 Å². The van der Waals surface area contributed by atoms with Gasteiger partial charge in [0.1, 0.15) is 17.3 Å². The molecule has 10 heteroatoms. The van der Waals surface area contributed by atoms with Gasteiger partial charge in [-0.25, -0.2) is 9.37 Å². The summed E-state index contributed by atoms with van der Waals surface area (Å²) >= 11 is 2.87. The number of hydrogen-bond donors (Lipinski definition) is 1. The van der Waals surface area contributed by atoms with E-state index in [1.807, 2.05) is 0 Å². The standard InChI is InChI=1S/C17H15BrF4N2O3/c1-8-4-5-23-16(26-3)14(8)24-15(25)10-6-12(19)11(18)7-13(10)27-9(2)17(20,21)22/h4-7,9H,1-3H3,(H,24,25). The van der Waals surface area contributed by atoms with E-state index in [4.69, 9.17) is 9.47 Å². The molecule has 1 aromatic carbocycles. The molecule has 1 unspecified atom stereocenters. The van der Waals surface area contributed by atoms with Crippen molar-refractivity contribution in [2.45, 2.75) is 26.1 Å². The highest BCUT2D eigenvalue weighted by atomic mass is 79.9. The first-order chi connectivity index (χ1) is 12.5. The predicted molar refractivity (Wildman–Crippen MR) is 93.7 cm³/mol. The predicted octanol–water partition coefficient (Wildman–Crippen LogP) is 4.88. The highest BCUT2D eigenvalue weighted by Gasteiger charge is 2.38. The molecule has 1 amide bonds. The van der Waals surface area contributed by atoms with Gasteiger partial charge in [0.15, 0.2) is 6.10 Å². The van der Waals surface area contributed by atoms with Gasteiger partial charge >= 0.3 is 6.18 Å². The molecule has 0 spiro atoms. The minimum absolute atomic E-state index is 0.104. The van der Waals surface area contributed by atoms with E-state index in [0.717, 1.165) is 19.1 Å². The van der Waals surface area contributed by atoms with E-state index in [0.29, 0.717) is 5.56 Å². The number of pyridine rings is 1. The van der Waals surface area contributed by atoms with Gasteiger partial charge in [-0.3, -0.25) is 4.79 Å². The van der Waals surface area contributed by atoms with Crippen LogP contribution in [-0.2, 0) is 0 Å². The number of aryl methyl sites for hydroxylation is 1. The van der Waals surface area contributed by atoms with E-state index in [2.05, 4.69) is 26.2 Å². The second-order valence-corrected chi connectivity index (χ2v) is 6.38. The zero-order valence-corrected chi connectivity index (χ0v) is 16.0. The summed E-state index contributed by atoms with van der Waals surface area (Å²) in [5.74, 6) is -2.03. The first-order valence-corrected chi connectivity index (χ1v) is 8.37. The Kier molecular flexibility index (Phi) is 6.30. The quantitative estimate of drug-likeness (QED) is 0.659. The molecule has 0 radical (unpaired) electrons. The van der Waals surface area contributed by atoms with Gasteiger partial charge in [-0.15, -0.1) is 0 Å². The monoisotopic (exact) mass is 450 g/mol. The molecule has 2 aromatic rings. The van der Waals surface area contributed by atoms with Gasteiger partial charge in [0.05, 0.1) is 17.1 Å². The van der Waals surface area contributed by atoms with Crippen LogP contribution in [0.1, 0.15) is 22.8 Å². The number of rotatable bonds is 5. The van der Waals surface area contributed by atoms with Gasteiger partial charge in [0.25, 0.3) is 5.91 Å². The zero-order valence-electron chi connectivity index (χ0n) is 14.4. The number of hydrogen-bond acceptors (Lipinski definition) is 4. The fourth-order valence-electron chi connectivity index (χ4n) is 2.08. The van der Waals surface area contributed by atoms with Crippen LogP contribution in [0.15, 0.2) is 28.9 Å². The van der Waals surface area contributed by atoms with Crippen molar-refractivity contribution in [1.82, 2.24) is 4.98 Å². The molecule has 1 N–H and O–H groups in total. The van der Waals surface area contributed by atoms with Crippen LogP contribution in [0.2, 0.25) is 0 Å². The molecule has 146 valence electrons. The second kappa shape index (κ2) is 8.12. The number of alkyl halides is 3. The molecule has 0 aliphatic heterocycles. The SMILES string of the molecule is COc1nccc(C)c1NC(=O)c1cc(F)c(Br)cc1OC(C)C(F)(F)F. The maximum absolute atomic E-state index is 13.9.